The molecule has 0 atom stereocenters. The minimum absolute atomic E-state index is 0.0352. The zero-order valence-electron chi connectivity index (χ0n) is 12.2. The SMILES string of the molecule is CCNc1cc(C(C)(C)C)nc(CCOCC)n1. The second-order valence-electron chi connectivity index (χ2n) is 5.28. The molecular formula is C14H25N3O. The molecule has 0 amide bonds. The van der Waals surface area contributed by atoms with Gasteiger partial charge in [0.1, 0.15) is 11.6 Å². The van der Waals surface area contributed by atoms with Crippen molar-refractivity contribution in [2.45, 2.75) is 46.5 Å². The van der Waals surface area contributed by atoms with Crippen LogP contribution in [0.5, 0.6) is 0 Å². The molecule has 1 heterocycles. The average Bonchev–Trinajstić information content (AvgIpc) is 2.28. The predicted octanol–water partition coefficient (Wildman–Crippen LogP) is 2.78. The van der Waals surface area contributed by atoms with Gasteiger partial charge in [0.05, 0.1) is 12.3 Å². The summed E-state index contributed by atoms with van der Waals surface area (Å²) in [6.07, 6.45) is 0.760. The molecule has 0 unspecified atom stereocenters. The summed E-state index contributed by atoms with van der Waals surface area (Å²) in [7, 11) is 0. The van der Waals surface area contributed by atoms with Crippen LogP contribution in [-0.4, -0.2) is 29.7 Å². The van der Waals surface area contributed by atoms with Crippen LogP contribution in [0.25, 0.3) is 0 Å². The van der Waals surface area contributed by atoms with Crippen molar-refractivity contribution >= 4 is 5.82 Å². The summed E-state index contributed by atoms with van der Waals surface area (Å²) < 4.78 is 5.36. The second kappa shape index (κ2) is 6.69. The van der Waals surface area contributed by atoms with Gasteiger partial charge in [-0.15, -0.1) is 0 Å². The average molecular weight is 251 g/mol. The van der Waals surface area contributed by atoms with E-state index in [1.54, 1.807) is 0 Å². The van der Waals surface area contributed by atoms with E-state index in [9.17, 15) is 0 Å². The van der Waals surface area contributed by atoms with Gasteiger partial charge in [-0.2, -0.15) is 0 Å². The standard InChI is InChI=1S/C14H25N3O/c1-6-15-13-10-11(14(3,4)5)16-12(17-13)8-9-18-7-2/h10H,6-9H2,1-5H3,(H,15,16,17). The maximum atomic E-state index is 5.36. The third-order valence-corrected chi connectivity index (χ3v) is 2.57. The van der Waals surface area contributed by atoms with E-state index in [1.807, 2.05) is 13.0 Å². The Morgan fingerprint density at radius 3 is 2.50 bits per heavy atom. The highest BCUT2D eigenvalue weighted by Gasteiger charge is 2.17. The highest BCUT2D eigenvalue weighted by molar-refractivity contribution is 5.37. The molecule has 0 spiro atoms. The Balaban J connectivity index is 2.91. The molecule has 0 saturated carbocycles. The second-order valence-corrected chi connectivity index (χ2v) is 5.28. The van der Waals surface area contributed by atoms with Crippen LogP contribution in [0.15, 0.2) is 6.07 Å². The van der Waals surface area contributed by atoms with Crippen molar-refractivity contribution in [1.29, 1.82) is 0 Å². The molecule has 0 radical (unpaired) electrons. The first-order valence-electron chi connectivity index (χ1n) is 6.67. The number of aromatic nitrogens is 2. The third kappa shape index (κ3) is 4.61. The first-order valence-corrected chi connectivity index (χ1v) is 6.67. The van der Waals surface area contributed by atoms with Gasteiger partial charge in [-0.3, -0.25) is 0 Å². The molecule has 4 heteroatoms. The van der Waals surface area contributed by atoms with Crippen LogP contribution < -0.4 is 5.32 Å². The lowest BCUT2D eigenvalue weighted by atomic mass is 9.92. The summed E-state index contributed by atoms with van der Waals surface area (Å²) in [6, 6.07) is 2.04. The Hall–Kier alpha value is -1.16. The highest BCUT2D eigenvalue weighted by atomic mass is 16.5. The van der Waals surface area contributed by atoms with Gasteiger partial charge in [-0.1, -0.05) is 20.8 Å². The Morgan fingerprint density at radius 2 is 1.94 bits per heavy atom. The zero-order valence-corrected chi connectivity index (χ0v) is 12.2. The van der Waals surface area contributed by atoms with Gasteiger partial charge in [-0.25, -0.2) is 9.97 Å². The van der Waals surface area contributed by atoms with Crippen LogP contribution >= 0.6 is 0 Å². The fraction of sp³-hybridized carbons (Fsp3) is 0.714. The topological polar surface area (TPSA) is 47.0 Å². The van der Waals surface area contributed by atoms with Crippen LogP contribution in [-0.2, 0) is 16.6 Å². The predicted molar refractivity (Wildman–Crippen MR) is 75.1 cm³/mol. The van der Waals surface area contributed by atoms with Crippen molar-refractivity contribution in [3.63, 3.8) is 0 Å². The quantitative estimate of drug-likeness (QED) is 0.790. The Kier molecular flexibility index (Phi) is 5.54. The molecular weight excluding hydrogens is 226 g/mol. The molecule has 1 aromatic heterocycles. The first kappa shape index (κ1) is 14.9. The number of nitrogens with one attached hydrogen (secondary N) is 1. The van der Waals surface area contributed by atoms with Crippen LogP contribution in [0.1, 0.15) is 46.1 Å². The summed E-state index contributed by atoms with van der Waals surface area (Å²) in [6.45, 7) is 12.8. The fourth-order valence-electron chi connectivity index (χ4n) is 1.57. The Labute approximate surface area is 110 Å². The van der Waals surface area contributed by atoms with E-state index in [1.165, 1.54) is 0 Å². The van der Waals surface area contributed by atoms with Gasteiger partial charge in [0.2, 0.25) is 0 Å². The van der Waals surface area contributed by atoms with Crippen molar-refractivity contribution in [3.8, 4) is 0 Å². The van der Waals surface area contributed by atoms with E-state index >= 15 is 0 Å². The summed E-state index contributed by atoms with van der Waals surface area (Å²) in [5.41, 5.74) is 1.10. The summed E-state index contributed by atoms with van der Waals surface area (Å²) >= 11 is 0. The number of anilines is 1. The van der Waals surface area contributed by atoms with Crippen molar-refractivity contribution in [1.82, 2.24) is 9.97 Å². The lowest BCUT2D eigenvalue weighted by Crippen LogP contribution is -2.17. The maximum Gasteiger partial charge on any atom is 0.133 e. The number of rotatable bonds is 6. The molecule has 0 fully saturated rings. The van der Waals surface area contributed by atoms with E-state index in [4.69, 9.17) is 4.74 Å². The minimum atomic E-state index is 0.0352. The van der Waals surface area contributed by atoms with E-state index in [0.29, 0.717) is 6.61 Å². The van der Waals surface area contributed by atoms with Gasteiger partial charge in [0.25, 0.3) is 0 Å². The highest BCUT2D eigenvalue weighted by Crippen LogP contribution is 2.22. The van der Waals surface area contributed by atoms with Crippen LogP contribution in [0.2, 0.25) is 0 Å². The zero-order chi connectivity index (χ0) is 13.6. The summed E-state index contributed by atoms with van der Waals surface area (Å²) in [5, 5.41) is 3.26. The Morgan fingerprint density at radius 1 is 1.22 bits per heavy atom. The van der Waals surface area contributed by atoms with Gasteiger partial charge >= 0.3 is 0 Å². The Bertz CT molecular complexity index is 372. The molecule has 0 aliphatic carbocycles. The first-order chi connectivity index (χ1) is 8.47. The fourth-order valence-corrected chi connectivity index (χ4v) is 1.57. The molecule has 18 heavy (non-hydrogen) atoms. The maximum absolute atomic E-state index is 5.36. The third-order valence-electron chi connectivity index (χ3n) is 2.57. The molecule has 0 aliphatic heterocycles. The van der Waals surface area contributed by atoms with Gasteiger partial charge in [0, 0.05) is 31.1 Å². The number of nitrogens with zero attached hydrogens (tertiary/aromatic N) is 2. The van der Waals surface area contributed by atoms with E-state index in [2.05, 4.69) is 43.0 Å². The normalized spacial score (nSPS) is 11.6. The van der Waals surface area contributed by atoms with E-state index in [-0.39, 0.29) is 5.41 Å². The summed E-state index contributed by atoms with van der Waals surface area (Å²) in [5.74, 6) is 1.76. The van der Waals surface area contributed by atoms with Gasteiger partial charge < -0.3 is 10.1 Å². The van der Waals surface area contributed by atoms with Gasteiger partial charge in [-0.05, 0) is 13.8 Å². The molecule has 102 valence electrons. The lowest BCUT2D eigenvalue weighted by Gasteiger charge is -2.19. The molecule has 0 bridgehead atoms. The van der Waals surface area contributed by atoms with Crippen molar-refractivity contribution in [3.05, 3.63) is 17.6 Å². The largest absolute Gasteiger partial charge is 0.381 e. The van der Waals surface area contributed by atoms with Crippen LogP contribution in [0.4, 0.5) is 5.82 Å². The molecule has 0 saturated heterocycles. The van der Waals surface area contributed by atoms with Gasteiger partial charge in [0.15, 0.2) is 0 Å². The minimum Gasteiger partial charge on any atom is -0.381 e. The molecule has 0 aromatic carbocycles. The lowest BCUT2D eigenvalue weighted by molar-refractivity contribution is 0.149. The summed E-state index contributed by atoms with van der Waals surface area (Å²) in [4.78, 5) is 9.13. The number of hydrogen-bond donors (Lipinski definition) is 1. The molecule has 0 aliphatic rings. The molecule has 4 nitrogen and oxygen atoms in total. The molecule has 1 aromatic rings. The van der Waals surface area contributed by atoms with E-state index in [0.717, 1.165) is 36.9 Å². The van der Waals surface area contributed by atoms with Crippen LogP contribution in [0.3, 0.4) is 0 Å². The van der Waals surface area contributed by atoms with Crippen molar-refractivity contribution < 1.29 is 4.74 Å². The molecule has 1 rings (SSSR count). The number of ether oxygens (including phenoxy) is 1. The van der Waals surface area contributed by atoms with Crippen molar-refractivity contribution in [2.75, 3.05) is 25.1 Å². The van der Waals surface area contributed by atoms with E-state index < -0.39 is 0 Å². The number of hydrogen-bond acceptors (Lipinski definition) is 4. The van der Waals surface area contributed by atoms with Crippen molar-refractivity contribution in [2.24, 2.45) is 0 Å². The monoisotopic (exact) mass is 251 g/mol. The van der Waals surface area contributed by atoms with Crippen LogP contribution in [0, 0.1) is 0 Å². The smallest absolute Gasteiger partial charge is 0.133 e. The molecule has 1 N–H and O–H groups in total.